The summed E-state index contributed by atoms with van der Waals surface area (Å²) in [5.74, 6) is 0.574. The van der Waals surface area contributed by atoms with Crippen LogP contribution in [0, 0.1) is 0 Å². The standard InChI is InChI=1S/C20H20BrN5O3S/c1-12(29-14-9-7-13(21)8-10-14)19-24-25-20(26(19)2)30-11-17(27)23-16-6-4-3-5-15(16)18(22)28/h3-10,12H,11H2,1-2H3,(H2,22,28)(H,23,27). The first-order valence-corrected chi connectivity index (χ1v) is 10.8. The molecule has 3 aromatic rings. The Morgan fingerprint density at radius 3 is 2.60 bits per heavy atom. The summed E-state index contributed by atoms with van der Waals surface area (Å²) in [4.78, 5) is 23.8. The van der Waals surface area contributed by atoms with Gasteiger partial charge in [0, 0.05) is 11.5 Å². The van der Waals surface area contributed by atoms with Crippen LogP contribution in [0.25, 0.3) is 0 Å². The highest BCUT2D eigenvalue weighted by molar-refractivity contribution is 9.10. The second-order valence-electron chi connectivity index (χ2n) is 6.36. The third-order valence-corrected chi connectivity index (χ3v) is 5.71. The Hall–Kier alpha value is -2.85. The van der Waals surface area contributed by atoms with Crippen molar-refractivity contribution in [2.75, 3.05) is 11.1 Å². The number of nitrogens with zero attached hydrogens (tertiary/aromatic N) is 3. The van der Waals surface area contributed by atoms with Gasteiger partial charge in [-0.2, -0.15) is 0 Å². The smallest absolute Gasteiger partial charge is 0.250 e. The van der Waals surface area contributed by atoms with Crippen molar-refractivity contribution in [2.45, 2.75) is 18.2 Å². The van der Waals surface area contributed by atoms with E-state index >= 15 is 0 Å². The largest absolute Gasteiger partial charge is 0.483 e. The number of primary amides is 1. The Balaban J connectivity index is 1.60. The van der Waals surface area contributed by atoms with E-state index in [0.717, 1.165) is 10.2 Å². The highest BCUT2D eigenvalue weighted by Crippen LogP contribution is 2.25. The lowest BCUT2D eigenvalue weighted by molar-refractivity contribution is -0.113. The fraction of sp³-hybridized carbons (Fsp3) is 0.200. The highest BCUT2D eigenvalue weighted by atomic mass is 79.9. The van der Waals surface area contributed by atoms with E-state index in [-0.39, 0.29) is 23.3 Å². The minimum absolute atomic E-state index is 0.0982. The van der Waals surface area contributed by atoms with Gasteiger partial charge in [-0.15, -0.1) is 10.2 Å². The molecule has 8 nitrogen and oxygen atoms in total. The average Bonchev–Trinajstić information content (AvgIpc) is 3.09. The molecule has 1 aromatic heterocycles. The fourth-order valence-electron chi connectivity index (χ4n) is 2.70. The van der Waals surface area contributed by atoms with E-state index in [9.17, 15) is 9.59 Å². The zero-order valence-corrected chi connectivity index (χ0v) is 18.7. The summed E-state index contributed by atoms with van der Waals surface area (Å²) in [5, 5.41) is 11.6. The third-order valence-electron chi connectivity index (χ3n) is 4.16. The van der Waals surface area contributed by atoms with Gasteiger partial charge in [0.1, 0.15) is 5.75 Å². The molecule has 2 aromatic carbocycles. The summed E-state index contributed by atoms with van der Waals surface area (Å²) in [6, 6.07) is 14.1. The van der Waals surface area contributed by atoms with Crippen LogP contribution in [0.4, 0.5) is 5.69 Å². The number of anilines is 1. The number of aromatic nitrogens is 3. The molecule has 0 saturated carbocycles. The maximum atomic E-state index is 12.3. The summed E-state index contributed by atoms with van der Waals surface area (Å²) in [6.07, 6.45) is -0.325. The number of benzene rings is 2. The Labute approximate surface area is 186 Å². The number of hydrogen-bond donors (Lipinski definition) is 2. The zero-order valence-electron chi connectivity index (χ0n) is 16.3. The number of nitrogens with two attached hydrogens (primary N) is 1. The normalized spacial score (nSPS) is 11.7. The SMILES string of the molecule is CC(Oc1ccc(Br)cc1)c1nnc(SCC(=O)Nc2ccccc2C(N)=O)n1C. The van der Waals surface area contributed by atoms with E-state index < -0.39 is 5.91 Å². The molecular weight excluding hydrogens is 470 g/mol. The van der Waals surface area contributed by atoms with Gasteiger partial charge in [-0.25, -0.2) is 0 Å². The molecule has 1 heterocycles. The van der Waals surface area contributed by atoms with Crippen molar-refractivity contribution < 1.29 is 14.3 Å². The molecule has 0 bridgehead atoms. The molecule has 156 valence electrons. The third kappa shape index (κ3) is 5.39. The second-order valence-corrected chi connectivity index (χ2v) is 8.22. The molecule has 3 rings (SSSR count). The van der Waals surface area contributed by atoms with E-state index in [1.165, 1.54) is 11.8 Å². The topological polar surface area (TPSA) is 112 Å². The first-order chi connectivity index (χ1) is 14.3. The molecule has 1 atom stereocenters. The summed E-state index contributed by atoms with van der Waals surface area (Å²) >= 11 is 4.63. The van der Waals surface area contributed by atoms with E-state index in [2.05, 4.69) is 31.4 Å². The van der Waals surface area contributed by atoms with E-state index in [0.29, 0.717) is 16.7 Å². The van der Waals surface area contributed by atoms with Gasteiger partial charge >= 0.3 is 0 Å². The summed E-state index contributed by atoms with van der Waals surface area (Å²) < 4.78 is 8.67. The van der Waals surface area contributed by atoms with Crippen LogP contribution in [0.15, 0.2) is 58.2 Å². The minimum Gasteiger partial charge on any atom is -0.483 e. The number of carbonyl (C=O) groups is 2. The number of halogens is 1. The fourth-order valence-corrected chi connectivity index (χ4v) is 3.68. The van der Waals surface area contributed by atoms with E-state index in [4.69, 9.17) is 10.5 Å². The Bertz CT molecular complexity index is 1050. The van der Waals surface area contributed by atoms with Gasteiger partial charge in [-0.05, 0) is 43.3 Å². The quantitative estimate of drug-likeness (QED) is 0.467. The number of amides is 2. The van der Waals surface area contributed by atoms with E-state index in [1.54, 1.807) is 28.8 Å². The highest BCUT2D eigenvalue weighted by Gasteiger charge is 2.18. The molecule has 0 radical (unpaired) electrons. The van der Waals surface area contributed by atoms with Gasteiger partial charge in [0.05, 0.1) is 17.0 Å². The van der Waals surface area contributed by atoms with Crippen molar-refractivity contribution >= 4 is 45.2 Å². The van der Waals surface area contributed by atoms with Gasteiger partial charge in [-0.1, -0.05) is 39.8 Å². The predicted octanol–water partition coefficient (Wildman–Crippen LogP) is 3.55. The molecule has 0 aliphatic heterocycles. The van der Waals surface area contributed by atoms with Gasteiger partial charge < -0.3 is 20.4 Å². The van der Waals surface area contributed by atoms with Crippen LogP contribution in [0.2, 0.25) is 0 Å². The Kier molecular flexibility index (Phi) is 7.11. The lowest BCUT2D eigenvalue weighted by Crippen LogP contribution is -2.19. The lowest BCUT2D eigenvalue weighted by atomic mass is 10.1. The summed E-state index contributed by atoms with van der Waals surface area (Å²) in [7, 11) is 1.82. The molecule has 0 saturated heterocycles. The van der Waals surface area contributed by atoms with Crippen LogP contribution in [-0.2, 0) is 11.8 Å². The van der Waals surface area contributed by atoms with Gasteiger partial charge in [0.25, 0.3) is 5.91 Å². The molecule has 0 spiro atoms. The van der Waals surface area contributed by atoms with Crippen LogP contribution in [0.1, 0.15) is 29.2 Å². The molecule has 2 amide bonds. The number of para-hydroxylation sites is 1. The van der Waals surface area contributed by atoms with Crippen molar-refractivity contribution in [3.8, 4) is 5.75 Å². The number of ether oxygens (including phenoxy) is 1. The maximum absolute atomic E-state index is 12.3. The van der Waals surface area contributed by atoms with Gasteiger partial charge in [-0.3, -0.25) is 9.59 Å². The van der Waals surface area contributed by atoms with Crippen LogP contribution in [0.3, 0.4) is 0 Å². The van der Waals surface area contributed by atoms with Crippen LogP contribution in [0.5, 0.6) is 5.75 Å². The molecule has 1 unspecified atom stereocenters. The second kappa shape index (κ2) is 9.77. The monoisotopic (exact) mass is 489 g/mol. The van der Waals surface area contributed by atoms with Crippen molar-refractivity contribution in [1.29, 1.82) is 0 Å². The number of nitrogens with one attached hydrogen (secondary N) is 1. The number of carbonyl (C=O) groups excluding carboxylic acids is 2. The first kappa shape index (κ1) is 21.8. The Morgan fingerprint density at radius 1 is 1.20 bits per heavy atom. The maximum Gasteiger partial charge on any atom is 0.250 e. The number of thioether (sulfide) groups is 1. The predicted molar refractivity (Wildman–Crippen MR) is 119 cm³/mol. The van der Waals surface area contributed by atoms with Crippen molar-refractivity contribution in [3.05, 3.63) is 64.4 Å². The molecular formula is C20H20BrN5O3S. The summed E-state index contributed by atoms with van der Waals surface area (Å²) in [5.41, 5.74) is 5.98. The molecule has 0 aliphatic carbocycles. The van der Waals surface area contributed by atoms with Gasteiger partial charge in [0.15, 0.2) is 17.1 Å². The minimum atomic E-state index is -0.601. The molecule has 10 heteroatoms. The summed E-state index contributed by atoms with van der Waals surface area (Å²) in [6.45, 7) is 1.88. The Morgan fingerprint density at radius 2 is 1.90 bits per heavy atom. The average molecular weight is 490 g/mol. The zero-order chi connectivity index (χ0) is 21.7. The number of rotatable bonds is 8. The molecule has 3 N–H and O–H groups in total. The van der Waals surface area contributed by atoms with Crippen molar-refractivity contribution in [3.63, 3.8) is 0 Å². The van der Waals surface area contributed by atoms with Crippen LogP contribution >= 0.6 is 27.7 Å². The van der Waals surface area contributed by atoms with Crippen molar-refractivity contribution in [2.24, 2.45) is 12.8 Å². The van der Waals surface area contributed by atoms with Gasteiger partial charge in [0.2, 0.25) is 5.91 Å². The lowest BCUT2D eigenvalue weighted by Gasteiger charge is -2.14. The van der Waals surface area contributed by atoms with Crippen molar-refractivity contribution in [1.82, 2.24) is 14.8 Å². The van der Waals surface area contributed by atoms with Crippen LogP contribution < -0.4 is 15.8 Å². The van der Waals surface area contributed by atoms with Crippen LogP contribution in [-0.4, -0.2) is 32.3 Å². The number of hydrogen-bond acceptors (Lipinski definition) is 6. The molecule has 0 fully saturated rings. The van der Waals surface area contributed by atoms with E-state index in [1.807, 2.05) is 38.2 Å². The molecule has 0 aliphatic rings. The molecule has 30 heavy (non-hydrogen) atoms. The first-order valence-electron chi connectivity index (χ1n) is 8.98.